The number of carbonyl (C=O) groups is 1. The van der Waals surface area contributed by atoms with E-state index >= 15 is 0 Å². The van der Waals surface area contributed by atoms with E-state index in [1.54, 1.807) is 7.11 Å². The maximum Gasteiger partial charge on any atom is 0.234 e. The lowest BCUT2D eigenvalue weighted by molar-refractivity contribution is -0.123. The molecule has 3 rings (SSSR count). The minimum Gasteiger partial charge on any atom is -0.497 e. The molecule has 0 radical (unpaired) electrons. The molecule has 168 valence electrons. The van der Waals surface area contributed by atoms with Crippen LogP contribution >= 0.6 is 0 Å². The van der Waals surface area contributed by atoms with Crippen molar-refractivity contribution in [1.82, 2.24) is 10.2 Å². The van der Waals surface area contributed by atoms with E-state index in [-0.39, 0.29) is 17.9 Å². The van der Waals surface area contributed by atoms with Crippen LogP contribution in [0.15, 0.2) is 48.5 Å². The molecule has 1 amide bonds. The molecule has 1 aliphatic heterocycles. The number of ether oxygens (including phenoxy) is 2. The molecule has 1 N–H and O–H groups in total. The molecular formula is C25H35N3O3. The minimum absolute atomic E-state index is 0.0286. The Bertz CT molecular complexity index is 832. The Balaban J connectivity index is 1.61. The number of benzene rings is 2. The maximum absolute atomic E-state index is 12.8. The number of carbonyl (C=O) groups excluding carboxylic acids is 1. The number of anilines is 1. The molecule has 2 aromatic carbocycles. The first kappa shape index (κ1) is 23.1. The lowest BCUT2D eigenvalue weighted by atomic mass is 9.96. The summed E-state index contributed by atoms with van der Waals surface area (Å²) in [7, 11) is 3.65. The van der Waals surface area contributed by atoms with E-state index in [1.165, 1.54) is 11.3 Å². The highest BCUT2D eigenvalue weighted by molar-refractivity contribution is 5.78. The highest BCUT2D eigenvalue weighted by atomic mass is 16.5. The van der Waals surface area contributed by atoms with Crippen LogP contribution in [0.25, 0.3) is 0 Å². The molecule has 0 aromatic heterocycles. The van der Waals surface area contributed by atoms with Crippen LogP contribution in [0.1, 0.15) is 31.0 Å². The van der Waals surface area contributed by atoms with Gasteiger partial charge in [-0.2, -0.15) is 0 Å². The second-order valence-electron chi connectivity index (χ2n) is 8.46. The average Bonchev–Trinajstić information content (AvgIpc) is 2.78. The van der Waals surface area contributed by atoms with Crippen molar-refractivity contribution < 1.29 is 14.3 Å². The van der Waals surface area contributed by atoms with Crippen molar-refractivity contribution >= 4 is 11.6 Å². The second-order valence-corrected chi connectivity index (χ2v) is 8.46. The first-order chi connectivity index (χ1) is 15.0. The Labute approximate surface area is 186 Å². The van der Waals surface area contributed by atoms with E-state index in [9.17, 15) is 4.79 Å². The predicted octanol–water partition coefficient (Wildman–Crippen LogP) is 3.48. The number of hydrogen-bond acceptors (Lipinski definition) is 5. The van der Waals surface area contributed by atoms with Crippen LogP contribution in [0.4, 0.5) is 5.69 Å². The third-order valence-corrected chi connectivity index (χ3v) is 5.66. The van der Waals surface area contributed by atoms with E-state index in [1.807, 2.05) is 31.3 Å². The summed E-state index contributed by atoms with van der Waals surface area (Å²) in [5, 5.41) is 3.22. The molecule has 6 nitrogen and oxygen atoms in total. The third kappa shape index (κ3) is 6.45. The largest absolute Gasteiger partial charge is 0.497 e. The lowest BCUT2D eigenvalue weighted by Crippen LogP contribution is -2.39. The first-order valence-corrected chi connectivity index (χ1v) is 11.0. The molecule has 1 unspecified atom stereocenters. The number of para-hydroxylation sites is 1. The fourth-order valence-corrected chi connectivity index (χ4v) is 4.01. The number of amides is 1. The zero-order valence-corrected chi connectivity index (χ0v) is 19.1. The predicted molar refractivity (Wildman–Crippen MR) is 125 cm³/mol. The number of methoxy groups -OCH3 is 1. The number of rotatable bonds is 9. The molecule has 1 heterocycles. The molecule has 31 heavy (non-hydrogen) atoms. The second kappa shape index (κ2) is 11.2. The molecule has 1 fully saturated rings. The topological polar surface area (TPSA) is 54.0 Å². The number of likely N-dealkylation sites (N-methyl/N-ethyl adjacent to an activating group) is 1. The molecular weight excluding hydrogens is 390 g/mol. The number of nitrogens with zero attached hydrogens (tertiary/aromatic N) is 2. The summed E-state index contributed by atoms with van der Waals surface area (Å²) in [6.45, 7) is 8.63. The molecule has 0 bridgehead atoms. The Morgan fingerprint density at radius 3 is 2.45 bits per heavy atom. The van der Waals surface area contributed by atoms with Crippen LogP contribution in [0.2, 0.25) is 0 Å². The number of hydrogen-bond donors (Lipinski definition) is 1. The van der Waals surface area contributed by atoms with Crippen LogP contribution < -0.4 is 15.0 Å². The minimum atomic E-state index is -0.0348. The van der Waals surface area contributed by atoms with Crippen molar-refractivity contribution in [3.05, 3.63) is 59.7 Å². The summed E-state index contributed by atoms with van der Waals surface area (Å²) < 4.78 is 10.7. The zero-order chi connectivity index (χ0) is 22.2. The average molecular weight is 426 g/mol. The summed E-state index contributed by atoms with van der Waals surface area (Å²) in [5.74, 6) is 1.13. The van der Waals surface area contributed by atoms with E-state index in [0.29, 0.717) is 6.54 Å². The van der Waals surface area contributed by atoms with Crippen LogP contribution in [0.5, 0.6) is 5.75 Å². The van der Waals surface area contributed by atoms with Gasteiger partial charge in [-0.1, -0.05) is 44.2 Å². The zero-order valence-electron chi connectivity index (χ0n) is 19.1. The molecule has 0 aliphatic carbocycles. The SMILES string of the molecule is COc1ccc(C(NC(=O)CN(C)Cc2ccccc2N2CCOCC2)C(C)C)cc1. The van der Waals surface area contributed by atoms with Crippen LogP contribution in [-0.2, 0) is 16.1 Å². The summed E-state index contributed by atoms with van der Waals surface area (Å²) in [4.78, 5) is 17.3. The van der Waals surface area contributed by atoms with Crippen molar-refractivity contribution in [3.63, 3.8) is 0 Å². The van der Waals surface area contributed by atoms with Crippen LogP contribution in [-0.4, -0.2) is 57.8 Å². The van der Waals surface area contributed by atoms with Crippen molar-refractivity contribution in [2.75, 3.05) is 51.9 Å². The first-order valence-electron chi connectivity index (χ1n) is 11.0. The fourth-order valence-electron chi connectivity index (χ4n) is 4.01. The molecule has 1 atom stereocenters. The van der Waals surface area contributed by atoms with E-state index in [4.69, 9.17) is 9.47 Å². The van der Waals surface area contributed by atoms with Gasteiger partial charge in [-0.3, -0.25) is 9.69 Å². The van der Waals surface area contributed by atoms with Gasteiger partial charge in [0.2, 0.25) is 5.91 Å². The van der Waals surface area contributed by atoms with Crippen LogP contribution in [0, 0.1) is 5.92 Å². The van der Waals surface area contributed by atoms with Gasteiger partial charge in [0.05, 0.1) is 32.9 Å². The normalized spacial score (nSPS) is 15.2. The molecule has 1 aliphatic rings. The van der Waals surface area contributed by atoms with Gasteiger partial charge in [0.1, 0.15) is 5.75 Å². The highest BCUT2D eigenvalue weighted by Gasteiger charge is 2.20. The van der Waals surface area contributed by atoms with Crippen molar-refractivity contribution in [1.29, 1.82) is 0 Å². The monoisotopic (exact) mass is 425 g/mol. The summed E-state index contributed by atoms with van der Waals surface area (Å²) in [5.41, 5.74) is 3.55. The van der Waals surface area contributed by atoms with E-state index < -0.39 is 0 Å². The molecule has 6 heteroatoms. The van der Waals surface area contributed by atoms with E-state index in [0.717, 1.165) is 44.2 Å². The maximum atomic E-state index is 12.8. The van der Waals surface area contributed by atoms with Gasteiger partial charge in [-0.15, -0.1) is 0 Å². The Morgan fingerprint density at radius 1 is 1.13 bits per heavy atom. The standard InChI is InChI=1S/C25H35N3O3/c1-19(2)25(20-9-11-22(30-4)12-10-20)26-24(29)18-27(3)17-21-7-5-6-8-23(21)28-13-15-31-16-14-28/h5-12,19,25H,13-18H2,1-4H3,(H,26,29). The van der Waals surface area contributed by atoms with Gasteiger partial charge < -0.3 is 19.7 Å². The van der Waals surface area contributed by atoms with Crippen molar-refractivity contribution in [2.45, 2.75) is 26.4 Å². The van der Waals surface area contributed by atoms with Gasteiger partial charge in [0.15, 0.2) is 0 Å². The Hall–Kier alpha value is -2.57. The summed E-state index contributed by atoms with van der Waals surface area (Å²) in [6, 6.07) is 16.3. The fraction of sp³-hybridized carbons (Fsp3) is 0.480. The van der Waals surface area contributed by atoms with Gasteiger partial charge >= 0.3 is 0 Å². The quantitative estimate of drug-likeness (QED) is 0.667. The number of nitrogens with one attached hydrogen (secondary N) is 1. The smallest absolute Gasteiger partial charge is 0.234 e. The lowest BCUT2D eigenvalue weighted by Gasteiger charge is -2.31. The summed E-state index contributed by atoms with van der Waals surface area (Å²) >= 11 is 0. The molecule has 0 spiro atoms. The van der Waals surface area contributed by atoms with Crippen LogP contribution in [0.3, 0.4) is 0 Å². The Kier molecular flexibility index (Phi) is 8.32. The van der Waals surface area contributed by atoms with E-state index in [2.05, 4.69) is 53.2 Å². The van der Waals surface area contributed by atoms with Gasteiger partial charge in [0, 0.05) is 25.3 Å². The van der Waals surface area contributed by atoms with Gasteiger partial charge in [-0.25, -0.2) is 0 Å². The third-order valence-electron chi connectivity index (χ3n) is 5.66. The van der Waals surface area contributed by atoms with Gasteiger partial charge in [-0.05, 0) is 42.3 Å². The molecule has 0 saturated carbocycles. The van der Waals surface area contributed by atoms with Gasteiger partial charge in [0.25, 0.3) is 0 Å². The molecule has 1 saturated heterocycles. The number of morpholine rings is 1. The van der Waals surface area contributed by atoms with Crippen molar-refractivity contribution in [3.8, 4) is 5.75 Å². The molecule has 2 aromatic rings. The Morgan fingerprint density at radius 2 is 1.81 bits per heavy atom. The highest BCUT2D eigenvalue weighted by Crippen LogP contribution is 2.25. The summed E-state index contributed by atoms with van der Waals surface area (Å²) in [6.07, 6.45) is 0. The van der Waals surface area contributed by atoms with Crippen molar-refractivity contribution in [2.24, 2.45) is 5.92 Å².